The lowest BCUT2D eigenvalue weighted by Crippen LogP contribution is -2.51. The number of hydrogen-bond acceptors (Lipinski definition) is 12. The molecule has 5 heterocycles. The van der Waals surface area contributed by atoms with Gasteiger partial charge in [0.05, 0.1) is 62.0 Å². The molecule has 0 radical (unpaired) electrons. The summed E-state index contributed by atoms with van der Waals surface area (Å²) in [6, 6.07) is 14.1. The van der Waals surface area contributed by atoms with Crippen LogP contribution in [0.15, 0.2) is 85.3 Å². The van der Waals surface area contributed by atoms with Gasteiger partial charge in [-0.05, 0) is 67.3 Å². The number of amides is 3. The summed E-state index contributed by atoms with van der Waals surface area (Å²) in [4.78, 5) is 60.6. The van der Waals surface area contributed by atoms with Crippen LogP contribution in [0.3, 0.4) is 0 Å². The number of nitrogens with one attached hydrogen (secondary N) is 3. The number of ketones is 1. The van der Waals surface area contributed by atoms with Crippen molar-refractivity contribution in [1.29, 1.82) is 0 Å². The molecule has 1 unspecified atom stereocenters. The van der Waals surface area contributed by atoms with Gasteiger partial charge in [0, 0.05) is 47.7 Å². The van der Waals surface area contributed by atoms with Crippen LogP contribution in [0, 0.1) is 11.6 Å². The van der Waals surface area contributed by atoms with E-state index in [-0.39, 0.29) is 79.5 Å². The fourth-order valence-corrected chi connectivity index (χ4v) is 9.10. The molecule has 352 valence electrons. The van der Waals surface area contributed by atoms with Gasteiger partial charge in [0.1, 0.15) is 48.4 Å². The summed E-state index contributed by atoms with van der Waals surface area (Å²) in [6.45, 7) is 5.30. The van der Waals surface area contributed by atoms with Gasteiger partial charge in [-0.15, -0.1) is 0 Å². The molecule has 21 heteroatoms. The molecule has 0 bridgehead atoms. The van der Waals surface area contributed by atoms with Crippen molar-refractivity contribution in [2.45, 2.75) is 31.5 Å². The van der Waals surface area contributed by atoms with Gasteiger partial charge < -0.3 is 34.0 Å². The van der Waals surface area contributed by atoms with E-state index in [2.05, 4.69) is 21.9 Å². The van der Waals surface area contributed by atoms with Gasteiger partial charge >= 0.3 is 10.2 Å². The molecule has 2 saturated heterocycles. The first-order valence-electron chi connectivity index (χ1n) is 21.3. The molecule has 2 atom stereocenters. The summed E-state index contributed by atoms with van der Waals surface area (Å²) in [5.41, 5.74) is 0.711. The van der Waals surface area contributed by atoms with Crippen molar-refractivity contribution < 1.29 is 64.5 Å². The maximum Gasteiger partial charge on any atom is 0.301 e. The number of halogens is 3. The highest BCUT2D eigenvalue weighted by molar-refractivity contribution is 7.90. The van der Waals surface area contributed by atoms with Crippen LogP contribution in [-0.4, -0.2) is 129 Å². The maximum atomic E-state index is 15.7. The highest BCUT2D eigenvalue weighted by Gasteiger charge is 2.45. The number of ether oxygens (including phenoxy) is 5. The Labute approximate surface area is 382 Å². The minimum Gasteiger partial charge on any atom is -0.491 e. The second-order valence-corrected chi connectivity index (χ2v) is 17.3. The number of alkyl halides is 1. The molecular weight excluding hydrogens is 902 g/mol. The normalized spacial score (nSPS) is 17.6. The quantitative estimate of drug-likeness (QED) is 0.0485. The third-order valence-corrected chi connectivity index (χ3v) is 12.7. The van der Waals surface area contributed by atoms with Crippen molar-refractivity contribution in [3.8, 4) is 22.6 Å². The first-order valence-corrected chi connectivity index (χ1v) is 22.8. The average Bonchev–Trinajstić information content (AvgIpc) is 4.02. The van der Waals surface area contributed by atoms with Gasteiger partial charge in [-0.2, -0.15) is 12.7 Å². The van der Waals surface area contributed by atoms with Gasteiger partial charge in [-0.25, -0.2) is 18.2 Å². The van der Waals surface area contributed by atoms with E-state index >= 15 is 8.78 Å². The summed E-state index contributed by atoms with van der Waals surface area (Å²) in [5.74, 6) is -4.42. The number of piperidine rings is 1. The smallest absolute Gasteiger partial charge is 0.301 e. The molecule has 3 aliphatic heterocycles. The number of fused-ring (bicyclic) bond motifs is 2. The van der Waals surface area contributed by atoms with Crippen molar-refractivity contribution in [3.05, 3.63) is 119 Å². The molecule has 3 N–H and O–H groups in total. The Morgan fingerprint density at radius 1 is 0.866 bits per heavy atom. The zero-order chi connectivity index (χ0) is 47.2. The summed E-state index contributed by atoms with van der Waals surface area (Å²) < 4.78 is 101. The van der Waals surface area contributed by atoms with E-state index in [0.717, 1.165) is 21.3 Å². The number of aromatic nitrogens is 2. The van der Waals surface area contributed by atoms with E-state index in [1.165, 1.54) is 12.3 Å². The SMILES string of the molecule is C=C1CCC(N2C(=O)c3cccc(OCCOCCOCCOCCOc4ccc(-c5cnc6[nH]cc(C(=O)c7c(F)ccc(NS(=O)(=O)N8CC[C@@H](F)C8)c7F)c6c5)cc4)c3C2=O)C(=O)N1. The standard InChI is InChI=1S/C46H45F3N6O11S/c1-27-5-12-37(44(57)52-27)55-45(58)32-3-2-4-38(39(32)46(55)59)66-22-20-64-18-16-62-15-17-63-19-21-65-31-8-6-28(7-9-31)29-23-33-34(25-51-43(33)50-24-29)42(56)40-35(48)10-11-36(41(40)49)53-67(60,61)54-14-13-30(47)26-54/h2-4,6-11,23-25,30,37,53H,1,5,12-22,26H2,(H,50,51)(H,52,57)/t30-,37?/m1/s1. The Balaban J connectivity index is 0.733. The van der Waals surface area contributed by atoms with E-state index in [0.29, 0.717) is 55.2 Å². The minimum absolute atomic E-state index is 0.0118. The number of carbonyl (C=O) groups excluding carboxylic acids is 4. The van der Waals surface area contributed by atoms with Crippen LogP contribution >= 0.6 is 0 Å². The highest BCUT2D eigenvalue weighted by atomic mass is 32.2. The van der Waals surface area contributed by atoms with Crippen molar-refractivity contribution in [2.75, 3.05) is 70.7 Å². The number of anilines is 1. The third-order valence-electron chi connectivity index (χ3n) is 11.2. The molecule has 5 aromatic rings. The van der Waals surface area contributed by atoms with Crippen molar-refractivity contribution >= 4 is 50.4 Å². The predicted molar refractivity (Wildman–Crippen MR) is 236 cm³/mol. The van der Waals surface area contributed by atoms with Gasteiger partial charge in [0.15, 0.2) is 5.82 Å². The zero-order valence-corrected chi connectivity index (χ0v) is 36.7. The van der Waals surface area contributed by atoms with E-state index < -0.39 is 75.4 Å². The first-order chi connectivity index (χ1) is 32.3. The molecule has 0 spiro atoms. The molecule has 3 aliphatic rings. The molecule has 67 heavy (non-hydrogen) atoms. The monoisotopic (exact) mass is 946 g/mol. The number of imide groups is 1. The second-order valence-electron chi connectivity index (χ2n) is 15.7. The Hall–Kier alpha value is -6.65. The number of aromatic amines is 1. The van der Waals surface area contributed by atoms with E-state index in [1.54, 1.807) is 48.7 Å². The van der Waals surface area contributed by atoms with Gasteiger partial charge in [-0.1, -0.05) is 24.8 Å². The largest absolute Gasteiger partial charge is 0.491 e. The topological polar surface area (TPSA) is 208 Å². The van der Waals surface area contributed by atoms with Crippen LogP contribution < -0.4 is 19.5 Å². The summed E-state index contributed by atoms with van der Waals surface area (Å²) >= 11 is 0. The lowest BCUT2D eigenvalue weighted by molar-refractivity contribution is -0.125. The number of nitrogens with zero attached hydrogens (tertiary/aromatic N) is 3. The predicted octanol–water partition coefficient (Wildman–Crippen LogP) is 5.34. The average molecular weight is 947 g/mol. The highest BCUT2D eigenvalue weighted by Crippen LogP contribution is 2.35. The molecule has 0 saturated carbocycles. The Bertz CT molecular complexity index is 2830. The third kappa shape index (κ3) is 10.3. The molecule has 2 aromatic heterocycles. The number of H-pyrrole nitrogens is 1. The number of carbonyl (C=O) groups is 4. The fraction of sp³-hybridized carbons (Fsp3) is 0.326. The van der Waals surface area contributed by atoms with E-state index in [9.17, 15) is 32.0 Å². The van der Waals surface area contributed by atoms with Crippen LogP contribution in [0.25, 0.3) is 22.2 Å². The molecule has 0 aliphatic carbocycles. The van der Waals surface area contributed by atoms with Crippen LogP contribution in [0.4, 0.5) is 18.9 Å². The minimum atomic E-state index is -4.37. The lowest BCUT2D eigenvalue weighted by Gasteiger charge is -2.29. The first kappa shape index (κ1) is 46.9. The van der Waals surface area contributed by atoms with Crippen molar-refractivity contribution in [1.82, 2.24) is 24.5 Å². The van der Waals surface area contributed by atoms with Crippen LogP contribution in [0.2, 0.25) is 0 Å². The van der Waals surface area contributed by atoms with Crippen molar-refractivity contribution in [2.24, 2.45) is 0 Å². The van der Waals surface area contributed by atoms with Crippen LogP contribution in [0.1, 0.15) is 55.9 Å². The molecular formula is C46H45F3N6O11S. The van der Waals surface area contributed by atoms with Crippen LogP contribution in [-0.2, 0) is 29.2 Å². The zero-order valence-electron chi connectivity index (χ0n) is 35.9. The number of rotatable bonds is 21. The maximum absolute atomic E-state index is 15.7. The van der Waals surface area contributed by atoms with Crippen molar-refractivity contribution in [3.63, 3.8) is 0 Å². The Morgan fingerprint density at radius 2 is 1.57 bits per heavy atom. The van der Waals surface area contributed by atoms with Gasteiger partial charge in [-0.3, -0.25) is 28.8 Å². The number of benzene rings is 3. The molecule has 8 rings (SSSR count). The Morgan fingerprint density at radius 3 is 2.25 bits per heavy atom. The number of hydrogen-bond donors (Lipinski definition) is 3. The van der Waals surface area contributed by atoms with Gasteiger partial charge in [0.25, 0.3) is 11.8 Å². The molecule has 3 aromatic carbocycles. The summed E-state index contributed by atoms with van der Waals surface area (Å²) in [6.07, 6.45) is 2.23. The van der Waals surface area contributed by atoms with E-state index in [4.69, 9.17) is 23.7 Å². The van der Waals surface area contributed by atoms with Gasteiger partial charge in [0.2, 0.25) is 11.7 Å². The summed E-state index contributed by atoms with van der Waals surface area (Å²) in [7, 11) is -4.37. The molecule has 17 nitrogen and oxygen atoms in total. The Kier molecular flexibility index (Phi) is 14.3. The number of allylic oxidation sites excluding steroid dienone is 1. The molecule has 3 amide bonds. The lowest BCUT2D eigenvalue weighted by atomic mass is 10.00. The fourth-order valence-electron chi connectivity index (χ4n) is 7.83. The summed E-state index contributed by atoms with van der Waals surface area (Å²) in [5, 5.41) is 2.89. The van der Waals surface area contributed by atoms with Crippen LogP contribution in [0.5, 0.6) is 11.5 Å². The second kappa shape index (κ2) is 20.5. The van der Waals surface area contributed by atoms with E-state index in [1.807, 2.05) is 4.72 Å². The molecule has 2 fully saturated rings. The number of pyridine rings is 1.